The van der Waals surface area contributed by atoms with Gasteiger partial charge in [0.2, 0.25) is 5.91 Å². The lowest BCUT2D eigenvalue weighted by Crippen LogP contribution is -2.56. The van der Waals surface area contributed by atoms with Crippen molar-refractivity contribution in [2.45, 2.75) is 64.0 Å². The Balaban J connectivity index is 1.72. The van der Waals surface area contributed by atoms with Crippen LogP contribution in [-0.4, -0.2) is 36.0 Å². The van der Waals surface area contributed by atoms with Crippen LogP contribution in [0.25, 0.3) is 0 Å². The number of rotatable bonds is 1. The van der Waals surface area contributed by atoms with Crippen LogP contribution >= 0.6 is 0 Å². The molecule has 3 rings (SSSR count). The lowest BCUT2D eigenvalue weighted by atomic mass is 9.72. The molecular formula is C15H26N2O. The van der Waals surface area contributed by atoms with Gasteiger partial charge in [0.05, 0.1) is 6.04 Å². The van der Waals surface area contributed by atoms with Crippen LogP contribution in [0.4, 0.5) is 0 Å². The minimum absolute atomic E-state index is 0.126. The molecule has 0 spiro atoms. The van der Waals surface area contributed by atoms with Crippen LogP contribution in [0.5, 0.6) is 0 Å². The Morgan fingerprint density at radius 3 is 2.72 bits per heavy atom. The van der Waals surface area contributed by atoms with Gasteiger partial charge in [0, 0.05) is 12.6 Å². The summed E-state index contributed by atoms with van der Waals surface area (Å²) < 4.78 is 0. The molecule has 0 aromatic rings. The van der Waals surface area contributed by atoms with Crippen molar-refractivity contribution < 1.29 is 4.79 Å². The van der Waals surface area contributed by atoms with E-state index in [1.54, 1.807) is 0 Å². The van der Waals surface area contributed by atoms with Gasteiger partial charge in [0.1, 0.15) is 0 Å². The number of fused-ring (bicyclic) bond motifs is 1. The van der Waals surface area contributed by atoms with Crippen molar-refractivity contribution in [3.63, 3.8) is 0 Å². The number of nitrogens with one attached hydrogen (secondary N) is 1. The SMILES string of the molecule is CC1CCN(C(=O)[C@@H]2CCCN2)C2CCCCC12. The summed E-state index contributed by atoms with van der Waals surface area (Å²) in [6.45, 7) is 4.41. The third kappa shape index (κ3) is 2.18. The van der Waals surface area contributed by atoms with Crippen LogP contribution in [0.1, 0.15) is 51.9 Å². The molecule has 0 radical (unpaired) electrons. The Hall–Kier alpha value is -0.570. The van der Waals surface area contributed by atoms with E-state index in [1.807, 2.05) is 0 Å². The van der Waals surface area contributed by atoms with Gasteiger partial charge in [0.25, 0.3) is 0 Å². The predicted octanol–water partition coefficient (Wildman–Crippen LogP) is 2.17. The highest BCUT2D eigenvalue weighted by Gasteiger charge is 2.41. The number of carbonyl (C=O) groups is 1. The fraction of sp³-hybridized carbons (Fsp3) is 0.933. The van der Waals surface area contributed by atoms with E-state index < -0.39 is 0 Å². The molecular weight excluding hydrogens is 224 g/mol. The second-order valence-electron chi connectivity index (χ2n) is 6.46. The van der Waals surface area contributed by atoms with E-state index in [0.717, 1.165) is 37.8 Å². The molecule has 1 saturated carbocycles. The first-order valence-electron chi connectivity index (χ1n) is 7.81. The quantitative estimate of drug-likeness (QED) is 0.773. The highest BCUT2D eigenvalue weighted by molar-refractivity contribution is 5.82. The third-order valence-electron chi connectivity index (χ3n) is 5.38. The van der Waals surface area contributed by atoms with E-state index in [2.05, 4.69) is 17.1 Å². The molecule has 3 unspecified atom stereocenters. The standard InChI is InChI=1S/C15H26N2O/c1-11-8-10-17(14-7-3-2-5-12(11)14)15(18)13-6-4-9-16-13/h11-14,16H,2-10H2,1H3/t11?,12?,13-,14?/m0/s1. The minimum Gasteiger partial charge on any atom is -0.338 e. The van der Waals surface area contributed by atoms with Crippen molar-refractivity contribution in [2.75, 3.05) is 13.1 Å². The Morgan fingerprint density at radius 1 is 1.11 bits per heavy atom. The number of hydrogen-bond donors (Lipinski definition) is 1. The average Bonchev–Trinajstić information content (AvgIpc) is 2.93. The van der Waals surface area contributed by atoms with Gasteiger partial charge in [-0.2, -0.15) is 0 Å². The summed E-state index contributed by atoms with van der Waals surface area (Å²) >= 11 is 0. The fourth-order valence-corrected chi connectivity index (χ4v) is 4.28. The summed E-state index contributed by atoms with van der Waals surface area (Å²) in [6, 6.07) is 0.679. The van der Waals surface area contributed by atoms with Crippen LogP contribution in [0.15, 0.2) is 0 Å². The van der Waals surface area contributed by atoms with Gasteiger partial charge in [-0.1, -0.05) is 19.8 Å². The van der Waals surface area contributed by atoms with Gasteiger partial charge in [-0.05, 0) is 50.5 Å². The molecule has 0 aromatic carbocycles. The number of piperidine rings is 1. The molecule has 4 atom stereocenters. The molecule has 3 aliphatic rings. The molecule has 0 aromatic heterocycles. The molecule has 2 aliphatic heterocycles. The van der Waals surface area contributed by atoms with Gasteiger partial charge in [0.15, 0.2) is 0 Å². The Morgan fingerprint density at radius 2 is 1.94 bits per heavy atom. The molecule has 3 fully saturated rings. The summed E-state index contributed by atoms with van der Waals surface area (Å²) in [4.78, 5) is 14.9. The van der Waals surface area contributed by atoms with Crippen molar-refractivity contribution in [2.24, 2.45) is 11.8 Å². The van der Waals surface area contributed by atoms with Gasteiger partial charge in [-0.25, -0.2) is 0 Å². The van der Waals surface area contributed by atoms with Gasteiger partial charge in [-0.15, -0.1) is 0 Å². The monoisotopic (exact) mass is 250 g/mol. The normalized spacial score (nSPS) is 40.6. The van der Waals surface area contributed by atoms with Crippen molar-refractivity contribution in [1.82, 2.24) is 10.2 Å². The van der Waals surface area contributed by atoms with Gasteiger partial charge < -0.3 is 10.2 Å². The zero-order valence-corrected chi connectivity index (χ0v) is 11.5. The summed E-state index contributed by atoms with van der Waals surface area (Å²) in [6.07, 6.45) is 8.68. The van der Waals surface area contributed by atoms with E-state index >= 15 is 0 Å². The van der Waals surface area contributed by atoms with Crippen LogP contribution in [-0.2, 0) is 4.79 Å². The van der Waals surface area contributed by atoms with E-state index in [4.69, 9.17) is 0 Å². The van der Waals surface area contributed by atoms with Crippen LogP contribution in [0, 0.1) is 11.8 Å². The molecule has 1 N–H and O–H groups in total. The number of hydrogen-bond acceptors (Lipinski definition) is 2. The van der Waals surface area contributed by atoms with E-state index in [-0.39, 0.29) is 6.04 Å². The molecule has 0 bridgehead atoms. The maximum atomic E-state index is 12.6. The summed E-state index contributed by atoms with van der Waals surface area (Å²) in [5, 5.41) is 3.37. The molecule has 18 heavy (non-hydrogen) atoms. The lowest BCUT2D eigenvalue weighted by molar-refractivity contribution is -0.140. The average molecular weight is 250 g/mol. The Labute approximate surface area is 110 Å². The molecule has 2 heterocycles. The van der Waals surface area contributed by atoms with E-state index in [9.17, 15) is 4.79 Å². The zero-order chi connectivity index (χ0) is 12.5. The lowest BCUT2D eigenvalue weighted by Gasteiger charge is -2.48. The zero-order valence-electron chi connectivity index (χ0n) is 11.5. The maximum absolute atomic E-state index is 12.6. The predicted molar refractivity (Wildman–Crippen MR) is 72.3 cm³/mol. The van der Waals surface area contributed by atoms with E-state index in [0.29, 0.717) is 11.9 Å². The topological polar surface area (TPSA) is 32.3 Å². The first-order chi connectivity index (χ1) is 8.77. The molecule has 3 nitrogen and oxygen atoms in total. The second kappa shape index (κ2) is 5.20. The molecule has 1 aliphatic carbocycles. The summed E-state index contributed by atoms with van der Waals surface area (Å²) in [5.74, 6) is 1.99. The van der Waals surface area contributed by atoms with Gasteiger partial charge in [-0.3, -0.25) is 4.79 Å². The van der Waals surface area contributed by atoms with Crippen molar-refractivity contribution >= 4 is 5.91 Å². The number of carbonyl (C=O) groups excluding carboxylic acids is 1. The number of nitrogens with zero attached hydrogens (tertiary/aromatic N) is 1. The van der Waals surface area contributed by atoms with Crippen molar-refractivity contribution in [3.05, 3.63) is 0 Å². The minimum atomic E-state index is 0.126. The van der Waals surface area contributed by atoms with Crippen molar-refractivity contribution in [1.29, 1.82) is 0 Å². The second-order valence-corrected chi connectivity index (χ2v) is 6.46. The number of likely N-dealkylation sites (tertiary alicyclic amines) is 1. The summed E-state index contributed by atoms with van der Waals surface area (Å²) in [5.41, 5.74) is 0. The third-order valence-corrected chi connectivity index (χ3v) is 5.38. The highest BCUT2D eigenvalue weighted by atomic mass is 16.2. The van der Waals surface area contributed by atoms with E-state index in [1.165, 1.54) is 32.1 Å². The maximum Gasteiger partial charge on any atom is 0.239 e. The van der Waals surface area contributed by atoms with Gasteiger partial charge >= 0.3 is 0 Å². The first kappa shape index (κ1) is 12.5. The Kier molecular flexibility index (Phi) is 3.60. The molecule has 2 saturated heterocycles. The smallest absolute Gasteiger partial charge is 0.239 e. The molecule has 102 valence electrons. The van der Waals surface area contributed by atoms with Crippen LogP contribution in [0.2, 0.25) is 0 Å². The Bertz CT molecular complexity index is 312. The highest BCUT2D eigenvalue weighted by Crippen LogP contribution is 2.39. The van der Waals surface area contributed by atoms with Crippen LogP contribution < -0.4 is 5.32 Å². The van der Waals surface area contributed by atoms with Crippen LogP contribution in [0.3, 0.4) is 0 Å². The number of amides is 1. The molecule has 3 heteroatoms. The largest absolute Gasteiger partial charge is 0.338 e. The fourth-order valence-electron chi connectivity index (χ4n) is 4.28. The van der Waals surface area contributed by atoms with Crippen molar-refractivity contribution in [3.8, 4) is 0 Å². The summed E-state index contributed by atoms with van der Waals surface area (Å²) in [7, 11) is 0. The molecule has 1 amide bonds. The first-order valence-corrected chi connectivity index (χ1v) is 7.81.